The maximum atomic E-state index is 12.2. The number of nitriles is 1. The molecule has 0 spiro atoms. The van der Waals surface area contributed by atoms with Gasteiger partial charge in [0.15, 0.2) is 8.32 Å². The summed E-state index contributed by atoms with van der Waals surface area (Å²) in [7, 11) is -1.82. The Bertz CT molecular complexity index is 685. The van der Waals surface area contributed by atoms with Crippen LogP contribution >= 0.6 is 0 Å². The Morgan fingerprint density at radius 1 is 1.42 bits per heavy atom. The van der Waals surface area contributed by atoms with Crippen LogP contribution in [0.3, 0.4) is 0 Å². The molecule has 6 nitrogen and oxygen atoms in total. The van der Waals surface area contributed by atoms with E-state index in [0.29, 0.717) is 12.2 Å². The molecule has 2 rings (SSSR count). The van der Waals surface area contributed by atoms with Crippen molar-refractivity contribution in [2.45, 2.75) is 71.0 Å². The molecule has 0 unspecified atom stereocenters. The number of esters is 1. The molecular formula is C19H30N2O4Si. The van der Waals surface area contributed by atoms with Gasteiger partial charge in [-0.05, 0) is 44.0 Å². The normalized spacial score (nSPS) is 20.8. The molecule has 0 radical (unpaired) electrons. The van der Waals surface area contributed by atoms with Gasteiger partial charge in [-0.1, -0.05) is 20.8 Å². The van der Waals surface area contributed by atoms with Gasteiger partial charge in [-0.25, -0.2) is 4.79 Å². The molecule has 1 saturated heterocycles. The smallest absolute Gasteiger partial charge is 0.356 e. The molecular weight excluding hydrogens is 348 g/mol. The Morgan fingerprint density at radius 3 is 2.69 bits per heavy atom. The van der Waals surface area contributed by atoms with Crippen LogP contribution in [-0.4, -0.2) is 38.2 Å². The van der Waals surface area contributed by atoms with Crippen LogP contribution in [0.25, 0.3) is 0 Å². The highest BCUT2D eigenvalue weighted by Crippen LogP contribution is 2.38. The van der Waals surface area contributed by atoms with Gasteiger partial charge in [-0.15, -0.1) is 0 Å². The lowest BCUT2D eigenvalue weighted by molar-refractivity contribution is -0.0217. The molecule has 7 heteroatoms. The maximum absolute atomic E-state index is 12.2. The number of hydrogen-bond donors (Lipinski definition) is 0. The molecule has 1 aromatic heterocycles. The summed E-state index contributed by atoms with van der Waals surface area (Å²) in [6.45, 7) is 13.7. The summed E-state index contributed by atoms with van der Waals surface area (Å²) in [5.74, 6) is -0.487. The van der Waals surface area contributed by atoms with E-state index in [2.05, 4.69) is 39.9 Å². The van der Waals surface area contributed by atoms with Crippen LogP contribution < -0.4 is 0 Å². The molecule has 2 heterocycles. The predicted molar refractivity (Wildman–Crippen MR) is 101 cm³/mol. The van der Waals surface area contributed by atoms with Crippen molar-refractivity contribution in [1.29, 1.82) is 5.26 Å². The van der Waals surface area contributed by atoms with Gasteiger partial charge >= 0.3 is 5.97 Å². The van der Waals surface area contributed by atoms with Gasteiger partial charge in [0, 0.05) is 6.20 Å². The average molecular weight is 379 g/mol. The van der Waals surface area contributed by atoms with Gasteiger partial charge in [0.1, 0.15) is 18.0 Å². The molecule has 0 N–H and O–H groups in total. The molecule has 1 fully saturated rings. The van der Waals surface area contributed by atoms with Crippen LogP contribution in [0.4, 0.5) is 0 Å². The van der Waals surface area contributed by atoms with E-state index in [1.807, 2.05) is 0 Å². The molecule has 144 valence electrons. The van der Waals surface area contributed by atoms with Crippen molar-refractivity contribution < 1.29 is 18.7 Å². The molecule has 0 bridgehead atoms. The SMILES string of the molecule is CCOC(=O)c1c(C#N)ccn1[C@H]1CC[C@@H](CO[Si](C)(C)C(C)(C)C)O1. The molecule has 0 amide bonds. The Labute approximate surface area is 157 Å². The zero-order valence-corrected chi connectivity index (χ0v) is 17.7. The van der Waals surface area contributed by atoms with E-state index in [0.717, 1.165) is 12.8 Å². The highest BCUT2D eigenvalue weighted by molar-refractivity contribution is 6.74. The van der Waals surface area contributed by atoms with E-state index < -0.39 is 14.3 Å². The fourth-order valence-corrected chi connectivity index (χ4v) is 3.76. The first-order valence-corrected chi connectivity index (χ1v) is 12.1. The average Bonchev–Trinajstić information content (AvgIpc) is 3.18. The van der Waals surface area contributed by atoms with E-state index in [1.54, 1.807) is 23.8 Å². The van der Waals surface area contributed by atoms with Gasteiger partial charge < -0.3 is 18.5 Å². The summed E-state index contributed by atoms with van der Waals surface area (Å²) in [5.41, 5.74) is 0.582. The number of carbonyl (C=O) groups excluding carboxylic acids is 1. The van der Waals surface area contributed by atoms with E-state index in [-0.39, 0.29) is 29.7 Å². The fraction of sp³-hybridized carbons (Fsp3) is 0.684. The van der Waals surface area contributed by atoms with Gasteiger partial charge in [-0.3, -0.25) is 0 Å². The van der Waals surface area contributed by atoms with Gasteiger partial charge in [0.05, 0.1) is 24.9 Å². The zero-order chi connectivity index (χ0) is 19.5. The number of rotatable bonds is 6. The lowest BCUT2D eigenvalue weighted by atomic mass is 10.2. The van der Waals surface area contributed by atoms with Crippen molar-refractivity contribution in [2.75, 3.05) is 13.2 Å². The largest absolute Gasteiger partial charge is 0.461 e. The molecule has 2 atom stereocenters. The number of carbonyl (C=O) groups is 1. The maximum Gasteiger partial charge on any atom is 0.356 e. The van der Waals surface area contributed by atoms with Crippen LogP contribution in [0.1, 0.15) is 62.8 Å². The predicted octanol–water partition coefficient (Wildman–Crippen LogP) is 4.24. The summed E-state index contributed by atoms with van der Waals surface area (Å²) in [5, 5.41) is 9.42. The first-order chi connectivity index (χ1) is 12.1. The minimum atomic E-state index is -1.82. The van der Waals surface area contributed by atoms with Crippen molar-refractivity contribution in [2.24, 2.45) is 0 Å². The minimum Gasteiger partial charge on any atom is -0.461 e. The van der Waals surface area contributed by atoms with E-state index in [4.69, 9.17) is 13.9 Å². The second-order valence-corrected chi connectivity index (χ2v) is 13.0. The standard InChI is InChI=1S/C19H30N2O4Si/c1-7-23-18(22)17-14(12-20)10-11-21(17)16-9-8-15(25-16)13-24-26(5,6)19(2,3)4/h10-11,15-16H,7-9,13H2,1-6H3/t15-,16+/m0/s1. The second kappa shape index (κ2) is 7.95. The third-order valence-electron chi connectivity index (χ3n) is 5.34. The van der Waals surface area contributed by atoms with E-state index >= 15 is 0 Å². The molecule has 0 aromatic carbocycles. The van der Waals surface area contributed by atoms with Crippen LogP contribution in [0.15, 0.2) is 12.3 Å². The molecule has 0 aliphatic carbocycles. The van der Waals surface area contributed by atoms with Crippen molar-refractivity contribution in [1.82, 2.24) is 4.57 Å². The van der Waals surface area contributed by atoms with Crippen molar-refractivity contribution in [3.63, 3.8) is 0 Å². The van der Waals surface area contributed by atoms with Crippen LogP contribution in [0.2, 0.25) is 18.1 Å². The third kappa shape index (κ3) is 4.37. The Kier molecular flexibility index (Phi) is 6.32. The summed E-state index contributed by atoms with van der Waals surface area (Å²) >= 11 is 0. The van der Waals surface area contributed by atoms with Gasteiger partial charge in [-0.2, -0.15) is 5.26 Å². The number of nitrogens with zero attached hydrogens (tertiary/aromatic N) is 2. The highest BCUT2D eigenvalue weighted by atomic mass is 28.4. The first kappa shape index (κ1) is 20.7. The quantitative estimate of drug-likeness (QED) is 0.547. The zero-order valence-electron chi connectivity index (χ0n) is 16.7. The monoisotopic (exact) mass is 378 g/mol. The summed E-state index contributed by atoms with van der Waals surface area (Å²) < 4.78 is 19.2. The summed E-state index contributed by atoms with van der Waals surface area (Å²) in [4.78, 5) is 12.2. The minimum absolute atomic E-state index is 0.00268. The van der Waals surface area contributed by atoms with Crippen LogP contribution in [-0.2, 0) is 13.9 Å². The van der Waals surface area contributed by atoms with Crippen molar-refractivity contribution in [3.8, 4) is 6.07 Å². The fourth-order valence-electron chi connectivity index (χ4n) is 2.72. The van der Waals surface area contributed by atoms with Crippen molar-refractivity contribution >= 4 is 14.3 Å². The topological polar surface area (TPSA) is 73.5 Å². The first-order valence-electron chi connectivity index (χ1n) is 9.18. The third-order valence-corrected chi connectivity index (χ3v) is 9.84. The summed E-state index contributed by atoms with van der Waals surface area (Å²) in [6, 6.07) is 3.69. The summed E-state index contributed by atoms with van der Waals surface area (Å²) in [6.07, 6.45) is 3.09. The Hall–Kier alpha value is -1.62. The van der Waals surface area contributed by atoms with Crippen LogP contribution in [0, 0.1) is 11.3 Å². The van der Waals surface area contributed by atoms with Gasteiger partial charge in [0.2, 0.25) is 0 Å². The number of hydrogen-bond acceptors (Lipinski definition) is 5. The van der Waals surface area contributed by atoms with E-state index in [9.17, 15) is 10.1 Å². The lowest BCUT2D eigenvalue weighted by Gasteiger charge is -2.36. The Balaban J connectivity index is 2.07. The molecule has 1 aliphatic rings. The van der Waals surface area contributed by atoms with Crippen LogP contribution in [0.5, 0.6) is 0 Å². The number of aromatic nitrogens is 1. The highest BCUT2D eigenvalue weighted by Gasteiger charge is 2.39. The Morgan fingerprint density at radius 2 is 2.12 bits per heavy atom. The molecule has 1 aromatic rings. The molecule has 1 aliphatic heterocycles. The van der Waals surface area contributed by atoms with E-state index in [1.165, 1.54) is 0 Å². The lowest BCUT2D eigenvalue weighted by Crippen LogP contribution is -2.42. The van der Waals surface area contributed by atoms with Gasteiger partial charge in [0.25, 0.3) is 0 Å². The molecule has 0 saturated carbocycles. The second-order valence-electron chi connectivity index (χ2n) is 8.18. The molecule has 26 heavy (non-hydrogen) atoms. The number of ether oxygens (including phenoxy) is 2. The van der Waals surface area contributed by atoms with Crippen molar-refractivity contribution in [3.05, 3.63) is 23.5 Å².